The van der Waals surface area contributed by atoms with E-state index >= 15 is 0 Å². The fourth-order valence-corrected chi connectivity index (χ4v) is 7.69. The number of benzene rings is 2. The van der Waals surface area contributed by atoms with E-state index in [1.165, 1.54) is 29.2 Å². The largest absolute Gasteiger partial charge is 0.433 e. The number of fused-ring (bicyclic) bond motifs is 1. The lowest BCUT2D eigenvalue weighted by Gasteiger charge is -2.31. The van der Waals surface area contributed by atoms with E-state index in [9.17, 15) is 22.0 Å². The third-order valence-electron chi connectivity index (χ3n) is 8.55. The number of ketones is 1. The highest BCUT2D eigenvalue weighted by Crippen LogP contribution is 2.38. The molecule has 0 bridgehead atoms. The quantitative estimate of drug-likeness (QED) is 0.251. The zero-order valence-electron chi connectivity index (χ0n) is 25.0. The fraction of sp³-hybridized carbons (Fsp3) is 0.303. The third kappa shape index (κ3) is 5.64. The van der Waals surface area contributed by atoms with Gasteiger partial charge in [-0.1, -0.05) is 12.1 Å². The van der Waals surface area contributed by atoms with E-state index in [0.717, 1.165) is 34.5 Å². The van der Waals surface area contributed by atoms with Crippen molar-refractivity contribution in [3.8, 4) is 17.3 Å². The molecule has 0 atom stereocenters. The van der Waals surface area contributed by atoms with Gasteiger partial charge < -0.3 is 20.1 Å². The molecule has 0 amide bonds. The molecule has 2 fully saturated rings. The number of hydrogen-bond acceptors (Lipinski definition) is 9. The van der Waals surface area contributed by atoms with Crippen molar-refractivity contribution in [1.29, 1.82) is 0 Å². The summed E-state index contributed by atoms with van der Waals surface area (Å²) in [4.78, 5) is 20.1. The molecule has 2 aromatic carbocycles. The summed E-state index contributed by atoms with van der Waals surface area (Å²) < 4.78 is 66.3. The summed E-state index contributed by atoms with van der Waals surface area (Å²) in [5.41, 5.74) is 11.6. The zero-order valence-corrected chi connectivity index (χ0v) is 25.8. The number of allylic oxidation sites excluding steroid dienone is 1. The van der Waals surface area contributed by atoms with Crippen LogP contribution in [0.4, 0.5) is 20.3 Å². The molecule has 1 saturated carbocycles. The molecule has 0 spiro atoms. The molecule has 4 aromatic rings. The summed E-state index contributed by atoms with van der Waals surface area (Å²) in [5.74, 6) is -2.53. The van der Waals surface area contributed by atoms with Crippen LogP contribution in [0.1, 0.15) is 45.5 Å². The molecule has 2 aliphatic carbocycles. The first kappa shape index (κ1) is 30.1. The highest BCUT2D eigenvalue weighted by molar-refractivity contribution is 7.91. The van der Waals surface area contributed by atoms with Crippen molar-refractivity contribution in [2.24, 2.45) is 0 Å². The van der Waals surface area contributed by atoms with Crippen LogP contribution in [0.25, 0.3) is 11.8 Å². The maximum Gasteiger partial charge on any atom is 0.219 e. The van der Waals surface area contributed by atoms with Gasteiger partial charge in [-0.05, 0) is 66.3 Å². The number of sulfone groups is 1. The number of halogens is 2. The van der Waals surface area contributed by atoms with Crippen LogP contribution in [-0.2, 0) is 26.7 Å². The number of rotatable bonds is 9. The number of aromatic nitrogens is 3. The first-order valence-corrected chi connectivity index (χ1v) is 16.7. The van der Waals surface area contributed by atoms with Gasteiger partial charge in [0.2, 0.25) is 11.6 Å². The van der Waals surface area contributed by atoms with Crippen molar-refractivity contribution in [1.82, 2.24) is 14.8 Å². The highest BCUT2D eigenvalue weighted by Gasteiger charge is 2.37. The Morgan fingerprint density at radius 2 is 1.83 bits per heavy atom. The van der Waals surface area contributed by atoms with Gasteiger partial charge in [-0.3, -0.25) is 4.79 Å². The molecular formula is C33H31F2N5O5S. The molecule has 238 valence electrons. The van der Waals surface area contributed by atoms with E-state index in [1.54, 1.807) is 6.92 Å². The van der Waals surface area contributed by atoms with Crippen LogP contribution in [0.5, 0.6) is 11.6 Å². The number of carbonyl (C=O) groups excluding carboxylic acids is 1. The maximum atomic E-state index is 14.1. The van der Waals surface area contributed by atoms with Gasteiger partial charge in [0.25, 0.3) is 0 Å². The van der Waals surface area contributed by atoms with Crippen LogP contribution >= 0.6 is 0 Å². The second-order valence-corrected chi connectivity index (χ2v) is 14.1. The van der Waals surface area contributed by atoms with Gasteiger partial charge in [0.15, 0.2) is 27.3 Å². The van der Waals surface area contributed by atoms with Crippen molar-refractivity contribution in [3.63, 3.8) is 0 Å². The SMILES string of the molecule is Cc1cc(Oc2c(F)cccc2F)ncc1-n1ncc(C(=O)C2=Cc3cc(N4CCOCC4)c(CS(=O)(=O)C4CC4)cc3C2)c1N. The van der Waals surface area contributed by atoms with Crippen LogP contribution in [0.2, 0.25) is 0 Å². The first-order chi connectivity index (χ1) is 22.1. The Morgan fingerprint density at radius 3 is 2.52 bits per heavy atom. The second kappa shape index (κ2) is 11.6. The number of para-hydroxylation sites is 1. The number of nitrogens with two attached hydrogens (primary N) is 1. The molecule has 0 unspecified atom stereocenters. The number of hydrogen-bond donors (Lipinski definition) is 1. The van der Waals surface area contributed by atoms with Gasteiger partial charge in [0.1, 0.15) is 5.82 Å². The Balaban J connectivity index is 1.14. The molecule has 2 N–H and O–H groups in total. The van der Waals surface area contributed by atoms with Crippen LogP contribution in [0, 0.1) is 18.6 Å². The number of Topliss-reactive ketones (excluding diaryl/α,β-unsaturated/α-hetero) is 1. The molecule has 3 heterocycles. The van der Waals surface area contributed by atoms with Crippen LogP contribution < -0.4 is 15.4 Å². The molecule has 0 radical (unpaired) electrons. The van der Waals surface area contributed by atoms with E-state index < -0.39 is 27.2 Å². The molecule has 1 aliphatic heterocycles. The van der Waals surface area contributed by atoms with E-state index in [0.29, 0.717) is 62.4 Å². The number of morpholine rings is 1. The monoisotopic (exact) mass is 647 g/mol. The number of ether oxygens (including phenoxy) is 2. The Hall–Kier alpha value is -4.62. The summed E-state index contributed by atoms with van der Waals surface area (Å²) in [7, 11) is -3.26. The van der Waals surface area contributed by atoms with E-state index in [1.807, 2.05) is 18.2 Å². The molecule has 3 aliphatic rings. The molecular weight excluding hydrogens is 616 g/mol. The molecule has 1 saturated heterocycles. The number of aryl methyl sites for hydroxylation is 1. The van der Waals surface area contributed by atoms with Crippen molar-refractivity contribution < 1.29 is 31.5 Å². The average Bonchev–Trinajstić information content (AvgIpc) is 3.73. The lowest BCUT2D eigenvalue weighted by molar-refractivity contribution is 0.103. The minimum Gasteiger partial charge on any atom is -0.433 e. The van der Waals surface area contributed by atoms with Crippen LogP contribution in [-0.4, -0.2) is 60.5 Å². The maximum absolute atomic E-state index is 14.1. The molecule has 13 heteroatoms. The number of nitrogens with zero attached hydrogens (tertiary/aromatic N) is 4. The minimum absolute atomic E-state index is 0.0260. The van der Waals surface area contributed by atoms with Gasteiger partial charge in [0.05, 0.1) is 47.9 Å². The summed E-state index contributed by atoms with van der Waals surface area (Å²) in [6.07, 6.45) is 6.37. The standard InChI is InChI=1S/C33H31F2N5O5S/c1-19-11-30(45-32-26(34)3-2-4-27(32)35)37-17-29(19)40-33(36)25(16-38-40)31(41)22-12-20-14-23(18-46(42,43)24-5-6-24)28(15-21(20)13-22)39-7-9-44-10-8-39/h2-4,11,13-17,24H,5-10,12,18,36H2,1H3. The predicted molar refractivity (Wildman–Crippen MR) is 168 cm³/mol. The second-order valence-electron chi connectivity index (χ2n) is 11.8. The van der Waals surface area contributed by atoms with Crippen molar-refractivity contribution >= 4 is 33.2 Å². The summed E-state index contributed by atoms with van der Waals surface area (Å²) in [6, 6.07) is 8.81. The van der Waals surface area contributed by atoms with E-state index in [4.69, 9.17) is 15.2 Å². The van der Waals surface area contributed by atoms with Gasteiger partial charge in [-0.25, -0.2) is 26.9 Å². The smallest absolute Gasteiger partial charge is 0.219 e. The topological polar surface area (TPSA) is 130 Å². The molecule has 7 rings (SSSR count). The van der Waals surface area contributed by atoms with Crippen molar-refractivity contribution in [2.75, 3.05) is 36.9 Å². The molecule has 10 nitrogen and oxygen atoms in total. The van der Waals surface area contributed by atoms with Gasteiger partial charge >= 0.3 is 0 Å². The van der Waals surface area contributed by atoms with Crippen molar-refractivity contribution in [3.05, 3.63) is 93.8 Å². The fourth-order valence-electron chi connectivity index (χ4n) is 5.94. The Bertz CT molecular complexity index is 2000. The van der Waals surface area contributed by atoms with Crippen LogP contribution in [0.15, 0.2) is 54.4 Å². The lowest BCUT2D eigenvalue weighted by Crippen LogP contribution is -2.37. The highest BCUT2D eigenvalue weighted by atomic mass is 32.2. The summed E-state index contributed by atoms with van der Waals surface area (Å²) in [5, 5.41) is 4.07. The minimum atomic E-state index is -3.26. The predicted octanol–water partition coefficient (Wildman–Crippen LogP) is 4.96. The van der Waals surface area contributed by atoms with Crippen LogP contribution in [0.3, 0.4) is 0 Å². The average molecular weight is 648 g/mol. The van der Waals surface area contributed by atoms with Gasteiger partial charge in [-0.2, -0.15) is 5.10 Å². The van der Waals surface area contributed by atoms with Gasteiger partial charge in [-0.15, -0.1) is 0 Å². The molecule has 46 heavy (non-hydrogen) atoms. The summed E-state index contributed by atoms with van der Waals surface area (Å²) in [6.45, 7) is 4.16. The number of carbonyl (C=O) groups is 1. The Kier molecular flexibility index (Phi) is 7.60. The van der Waals surface area contributed by atoms with E-state index in [-0.39, 0.29) is 34.0 Å². The molecule has 2 aromatic heterocycles. The number of pyridine rings is 1. The Labute approximate surface area is 264 Å². The van der Waals surface area contributed by atoms with E-state index in [2.05, 4.69) is 15.0 Å². The summed E-state index contributed by atoms with van der Waals surface area (Å²) >= 11 is 0. The third-order valence-corrected chi connectivity index (χ3v) is 10.7. The first-order valence-electron chi connectivity index (χ1n) is 15.0. The number of anilines is 2. The zero-order chi connectivity index (χ0) is 32.2. The number of nitrogen functional groups attached to an aromatic ring is 1. The van der Waals surface area contributed by atoms with Gasteiger partial charge in [0, 0.05) is 36.8 Å². The normalized spacial score (nSPS) is 16.3. The lowest BCUT2D eigenvalue weighted by atomic mass is 10.0. The van der Waals surface area contributed by atoms with Crippen molar-refractivity contribution in [2.45, 2.75) is 37.2 Å². The Morgan fingerprint density at radius 1 is 1.09 bits per heavy atom.